The number of H-pyrrole nitrogens is 1. The largest absolute Gasteiger partial charge is 0.481 e. The Morgan fingerprint density at radius 3 is 1.56 bits per heavy atom. The monoisotopic (exact) mass is 2030 g/mol. The summed E-state index contributed by atoms with van der Waals surface area (Å²) >= 11 is 0. The van der Waals surface area contributed by atoms with Crippen LogP contribution in [0.3, 0.4) is 0 Å². The molecule has 0 aromatic carbocycles. The number of amides is 19. The number of carboxylic acids is 1. The number of aliphatic carboxylic acids is 1. The van der Waals surface area contributed by atoms with Crippen LogP contribution in [0.2, 0.25) is 0 Å². The first kappa shape index (κ1) is 118. The second-order valence-corrected chi connectivity index (χ2v) is 38.4. The van der Waals surface area contributed by atoms with Crippen LogP contribution in [0, 0.1) is 16.7 Å². The molecule has 55 nitrogen and oxygen atoms in total. The molecule has 0 unspecified atom stereocenters. The van der Waals surface area contributed by atoms with E-state index in [0.29, 0.717) is 27.3 Å². The molecular formula is C79H131N31O24S4. The smallest absolute Gasteiger partial charge is 0.303 e. The highest BCUT2D eigenvalue weighted by molar-refractivity contribution is 8.77. The first-order valence-electron chi connectivity index (χ1n) is 44.3. The molecule has 3 aliphatic heterocycles. The molecular weight excluding hydrogens is 1900 g/mol. The van der Waals surface area contributed by atoms with E-state index in [4.69, 9.17) is 56.7 Å². The minimum atomic E-state index is -2.01. The van der Waals surface area contributed by atoms with Crippen molar-refractivity contribution in [1.29, 1.82) is 10.8 Å². The van der Waals surface area contributed by atoms with Gasteiger partial charge in [0.15, 0.2) is 11.9 Å². The lowest BCUT2D eigenvalue weighted by atomic mass is 10.0. The number of carbonyl (C=O) groups is 22. The van der Waals surface area contributed by atoms with Crippen molar-refractivity contribution < 1.29 is 116 Å². The van der Waals surface area contributed by atoms with Gasteiger partial charge in [0.2, 0.25) is 124 Å². The van der Waals surface area contributed by atoms with E-state index in [1.54, 1.807) is 13.8 Å². The van der Waals surface area contributed by atoms with Gasteiger partial charge in [-0.15, -0.1) is 0 Å². The third kappa shape index (κ3) is 42.3. The number of carbonyl (C=O) groups excluding carboxylic acids is 21. The fourth-order valence-electron chi connectivity index (χ4n) is 13.7. The molecule has 0 aliphatic carbocycles. The molecule has 0 saturated carbocycles. The van der Waals surface area contributed by atoms with E-state index in [2.05, 4.69) is 106 Å². The van der Waals surface area contributed by atoms with E-state index in [1.165, 1.54) is 19.4 Å². The molecule has 770 valence electrons. The van der Waals surface area contributed by atoms with E-state index in [0.717, 1.165) is 47.3 Å². The first-order chi connectivity index (χ1) is 65.0. The maximum Gasteiger partial charge on any atom is 0.303 e. The Labute approximate surface area is 809 Å². The molecule has 4 heterocycles. The quantitative estimate of drug-likeness (QED) is 0.00986. The minimum Gasteiger partial charge on any atom is -0.481 e. The topological polar surface area (TPSA) is 920 Å². The van der Waals surface area contributed by atoms with Gasteiger partial charge in [-0.3, -0.25) is 116 Å². The lowest BCUT2D eigenvalue weighted by molar-refractivity contribution is -0.142. The van der Waals surface area contributed by atoms with Crippen molar-refractivity contribution in [3.05, 3.63) is 18.2 Å². The van der Waals surface area contributed by atoms with Crippen molar-refractivity contribution in [3.8, 4) is 0 Å². The predicted molar refractivity (Wildman–Crippen MR) is 502 cm³/mol. The zero-order chi connectivity index (χ0) is 103. The van der Waals surface area contributed by atoms with Crippen LogP contribution in [-0.2, 0) is 112 Å². The van der Waals surface area contributed by atoms with Gasteiger partial charge in [-0.2, -0.15) is 0 Å². The molecule has 19 amide bonds. The summed E-state index contributed by atoms with van der Waals surface area (Å²) in [5.41, 5.74) is 51.7. The van der Waals surface area contributed by atoms with Crippen LogP contribution < -0.4 is 142 Å². The molecule has 1 aromatic heterocycles. The SMILES string of the molecule is CC(C)C[C@@H]1NC(=O)[C@H](C)NC(=O)[C@H]([C@@H](C)O)NC(=O)[C@H](CCC(=O)O)NC(=O)[C@@H]2CCCN2C(=O)[C@H](C)NC(=O)[C@H](CCCCN)NC(=O)[C@@H]2CSSC[C@@H](C(=O)N[C@@H](CCC(N)=O)C(=O)N[C@@H](CCC(N)=O)C(=O)N[C@@H](Cc3cnc[nH]3)C(N)=O)NN[C@@H](CCCNC(=N)N)C(=O)N[C@@H](CCCNC(=N)N)C(=O)N[C@@H](C)C(=O)C(=O)[C@H](CSSC[C@H](N)C(=O)N[C@@H](CC(N)=O)C(=O)N2)NC1=O. The van der Waals surface area contributed by atoms with E-state index in [1.807, 2.05) is 0 Å². The predicted octanol–water partition coefficient (Wildman–Crippen LogP) is -12.3. The molecule has 19 atom stereocenters. The number of ketones is 2. The van der Waals surface area contributed by atoms with Gasteiger partial charge >= 0.3 is 5.97 Å². The van der Waals surface area contributed by atoms with E-state index in [-0.39, 0.29) is 96.8 Å². The molecule has 39 N–H and O–H groups in total. The van der Waals surface area contributed by atoms with Gasteiger partial charge in [-0.05, 0) is 124 Å². The zero-order valence-electron chi connectivity index (χ0n) is 77.1. The van der Waals surface area contributed by atoms with Crippen molar-refractivity contribution in [3.63, 3.8) is 0 Å². The highest BCUT2D eigenvalue weighted by Crippen LogP contribution is 2.27. The van der Waals surface area contributed by atoms with Crippen LogP contribution in [0.5, 0.6) is 0 Å². The number of aliphatic hydroxyl groups excluding tert-OH is 1. The number of hydrogen-bond donors (Lipinski definition) is 31. The van der Waals surface area contributed by atoms with Gasteiger partial charge in [-0.25, -0.2) is 15.8 Å². The maximum absolute atomic E-state index is 15.3. The number of nitrogens with one attached hydrogen (secondary N) is 21. The van der Waals surface area contributed by atoms with Gasteiger partial charge in [0.05, 0.1) is 30.9 Å². The Balaban J connectivity index is 2.10. The number of hydrazine groups is 1. The number of aromatic nitrogens is 2. The fraction of sp³-hybridized carbons (Fsp3) is 0.658. The summed E-state index contributed by atoms with van der Waals surface area (Å²) in [5, 5.41) is 75.6. The normalized spacial score (nSPS) is 25.2. The van der Waals surface area contributed by atoms with Gasteiger partial charge in [0.25, 0.3) is 0 Å². The Morgan fingerprint density at radius 2 is 1.00 bits per heavy atom. The Kier molecular flexibility index (Phi) is 51.7. The first-order valence-corrected chi connectivity index (χ1v) is 49.3. The molecule has 3 aliphatic rings. The van der Waals surface area contributed by atoms with Crippen LogP contribution in [0.25, 0.3) is 0 Å². The van der Waals surface area contributed by atoms with Crippen molar-refractivity contribution in [1.82, 2.24) is 111 Å². The number of fused-ring (bicyclic) bond motifs is 12. The second kappa shape index (κ2) is 60.4. The number of unbranched alkanes of at least 4 members (excludes halogenated alkanes) is 1. The molecule has 3 saturated heterocycles. The van der Waals surface area contributed by atoms with Crippen molar-refractivity contribution >= 4 is 185 Å². The fourth-order valence-corrected chi connectivity index (χ4v) is 18.3. The number of hydrogen-bond acceptors (Lipinski definition) is 34. The zero-order valence-corrected chi connectivity index (χ0v) is 80.4. The van der Waals surface area contributed by atoms with Gasteiger partial charge in [0, 0.05) is 80.2 Å². The standard InChI is InChI=1S/C79H131N31O24S4/c1-35(2)26-49-71(128)105-51-31-136-135-30-41(81)64(121)104-50(28-57(84)114)72(129)106-52(73(130)98-42(12-7-8-22-80)66(123)96-38(5)77(134)110-25-11-15-54(110)75(132)101-46(18-21-58(115)116)69(126)107-59(39(6)111)76(133)95-37(4)63(120)103-49)32-137-138-33-53(109-108-47(14-10-24-92-79(88)89)70(127)97-43(13-9-23-91-78(86)87)65(122)94-36(3)60(117)61(51)118)74(131)100-44(16-19-55(82)112)67(124)99-45(17-20-56(83)113)68(125)102-48(62(85)119)27-40-29-90-34-93-40/h29,34-39,41-54,59,108-109,111H,7-28,30-33,80-81H2,1-6H3,(H2,82,112)(H2,83,113)(H2,84,114)(H2,85,119)(H,90,93)(H,94,122)(H,95,133)(H,96,123)(H,97,127)(H,98,130)(H,99,124)(H,100,131)(H,101,132)(H,102,125)(H,103,120)(H,104,121)(H,105,128)(H,106,129)(H,107,126)(H,115,116)(H4,86,87,91)(H4,88,89,92)/t36-,37-,38-,39+,41-,42-,43-,44-,45-,46-,47-,48-,49-,50-,51-,52-,53-,54-,59-/m0/s1. The number of primary amides is 4. The average molecular weight is 2030 g/mol. The van der Waals surface area contributed by atoms with Crippen molar-refractivity contribution in [2.24, 2.45) is 51.8 Å². The number of nitrogens with zero attached hydrogens (tertiary/aromatic N) is 2. The minimum absolute atomic E-state index is 0.0387. The van der Waals surface area contributed by atoms with Gasteiger partial charge in [0.1, 0.15) is 96.7 Å². The number of aliphatic hydroxyl groups is 1. The lowest BCUT2D eigenvalue weighted by Gasteiger charge is -2.30. The molecule has 0 spiro atoms. The number of imidazole rings is 1. The van der Waals surface area contributed by atoms with Crippen LogP contribution in [0.15, 0.2) is 12.5 Å². The summed E-state index contributed by atoms with van der Waals surface area (Å²) in [6.07, 6.45) is -5.30. The summed E-state index contributed by atoms with van der Waals surface area (Å²) in [6, 6.07) is -31.5. The van der Waals surface area contributed by atoms with E-state index in [9.17, 15) is 101 Å². The summed E-state index contributed by atoms with van der Waals surface area (Å²) in [5.74, 6) is -29.6. The van der Waals surface area contributed by atoms with Crippen LogP contribution in [0.4, 0.5) is 0 Å². The number of aromatic amines is 1. The summed E-state index contributed by atoms with van der Waals surface area (Å²) in [6.45, 7) is 7.38. The Morgan fingerprint density at radius 1 is 0.507 bits per heavy atom. The maximum atomic E-state index is 15.3. The summed E-state index contributed by atoms with van der Waals surface area (Å²) in [7, 11) is 2.86. The number of rotatable bonds is 35. The summed E-state index contributed by atoms with van der Waals surface area (Å²) < 4.78 is 0. The van der Waals surface area contributed by atoms with Gasteiger partial charge < -0.3 is 151 Å². The molecule has 4 rings (SSSR count). The Hall–Kier alpha value is -12.3. The second-order valence-electron chi connectivity index (χ2n) is 33.3. The van der Waals surface area contributed by atoms with E-state index >= 15 is 14.4 Å². The Bertz CT molecular complexity index is 4470. The third-order valence-electron chi connectivity index (χ3n) is 21.3. The number of nitrogens with two attached hydrogens (primary N) is 8. The summed E-state index contributed by atoms with van der Waals surface area (Å²) in [4.78, 5) is 320. The van der Waals surface area contributed by atoms with Crippen LogP contribution in [0.1, 0.15) is 156 Å². The highest BCUT2D eigenvalue weighted by atomic mass is 33.1. The molecule has 59 heteroatoms. The molecule has 1 aromatic rings. The van der Waals surface area contributed by atoms with Crippen LogP contribution >= 0.6 is 43.2 Å². The number of carboxylic acid groups (broad SMARTS) is 1. The molecule has 3 fully saturated rings. The average Bonchev–Trinajstić information content (AvgIpc) is 1.68. The van der Waals surface area contributed by atoms with Crippen LogP contribution in [-0.4, -0.2) is 331 Å². The van der Waals surface area contributed by atoms with Gasteiger partial charge in [-0.1, -0.05) is 57.0 Å². The van der Waals surface area contributed by atoms with Crippen molar-refractivity contribution in [2.75, 3.05) is 49.2 Å². The highest BCUT2D eigenvalue weighted by Gasteiger charge is 2.43. The molecule has 0 radical (unpaired) electrons. The van der Waals surface area contributed by atoms with Crippen molar-refractivity contribution in [2.45, 2.75) is 272 Å². The molecule has 138 heavy (non-hydrogen) atoms. The number of guanidine groups is 2. The lowest BCUT2D eigenvalue weighted by Crippen LogP contribution is -2.62. The molecule has 2 bridgehead atoms. The van der Waals surface area contributed by atoms with E-state index < -0.39 is 330 Å². The third-order valence-corrected chi connectivity index (χ3v) is 26.1. The number of Topliss-reactive ketones (excluding diaryl/α,β-unsaturated/α-hetero) is 2.